The summed E-state index contributed by atoms with van der Waals surface area (Å²) in [7, 11) is 0. The highest BCUT2D eigenvalue weighted by atomic mass is 19.3. The van der Waals surface area contributed by atoms with E-state index >= 15 is 0 Å². The van der Waals surface area contributed by atoms with Crippen molar-refractivity contribution in [3.05, 3.63) is 70.3 Å². The van der Waals surface area contributed by atoms with Crippen molar-refractivity contribution in [1.29, 1.82) is 0 Å². The second kappa shape index (κ2) is 8.35. The number of aromatic nitrogens is 3. The maximum Gasteiger partial charge on any atom is 0.263 e. The molecule has 6 nitrogen and oxygen atoms in total. The fourth-order valence-electron chi connectivity index (χ4n) is 4.98. The van der Waals surface area contributed by atoms with E-state index in [1.807, 2.05) is 29.8 Å². The van der Waals surface area contributed by atoms with Gasteiger partial charge in [0.1, 0.15) is 24.2 Å². The van der Waals surface area contributed by atoms with Crippen LogP contribution in [-0.2, 0) is 19.4 Å². The summed E-state index contributed by atoms with van der Waals surface area (Å²) in [6, 6.07) is 4.67. The summed E-state index contributed by atoms with van der Waals surface area (Å²) < 4.78 is 28.7. The standard InChI is InChI=1S/C24H26F2N4O2/c1-13-18-5-7-30(24(18)29-12-28-13)20-10-16(21(31)22(20)32)3-2-14-8-17(23(25)26)9-15-4-6-27-11-19(14)15/h5,7-10,12,20-23,27,31-32H,2-4,6,11H2,1H3. The first-order chi connectivity index (χ1) is 15.4. The van der Waals surface area contributed by atoms with E-state index in [1.165, 1.54) is 6.33 Å². The van der Waals surface area contributed by atoms with Crippen molar-refractivity contribution < 1.29 is 19.0 Å². The van der Waals surface area contributed by atoms with Crippen molar-refractivity contribution in [2.75, 3.05) is 6.54 Å². The van der Waals surface area contributed by atoms with Crippen LogP contribution in [-0.4, -0.2) is 43.5 Å². The molecule has 2 aliphatic rings. The molecule has 8 heteroatoms. The highest BCUT2D eigenvalue weighted by molar-refractivity contribution is 5.78. The lowest BCUT2D eigenvalue weighted by molar-refractivity contribution is 0.0317. The monoisotopic (exact) mass is 440 g/mol. The lowest BCUT2D eigenvalue weighted by Crippen LogP contribution is -2.29. The van der Waals surface area contributed by atoms with E-state index in [0.717, 1.165) is 46.3 Å². The molecule has 3 unspecified atom stereocenters. The van der Waals surface area contributed by atoms with E-state index in [9.17, 15) is 19.0 Å². The van der Waals surface area contributed by atoms with Crippen LogP contribution < -0.4 is 5.32 Å². The zero-order valence-corrected chi connectivity index (χ0v) is 17.8. The van der Waals surface area contributed by atoms with Crippen molar-refractivity contribution in [1.82, 2.24) is 19.9 Å². The number of fused-ring (bicyclic) bond motifs is 2. The van der Waals surface area contributed by atoms with Crippen LogP contribution in [0.3, 0.4) is 0 Å². The maximum atomic E-state index is 13.4. The minimum atomic E-state index is -2.51. The Morgan fingerprint density at radius 3 is 2.88 bits per heavy atom. The molecule has 5 rings (SSSR count). The van der Waals surface area contributed by atoms with Crippen LogP contribution in [0.1, 0.15) is 46.8 Å². The molecule has 0 radical (unpaired) electrons. The third kappa shape index (κ3) is 3.62. The van der Waals surface area contributed by atoms with Gasteiger partial charge in [-0.25, -0.2) is 18.7 Å². The molecule has 168 valence electrons. The van der Waals surface area contributed by atoms with Crippen molar-refractivity contribution in [3.8, 4) is 0 Å². The number of hydrogen-bond acceptors (Lipinski definition) is 5. The summed E-state index contributed by atoms with van der Waals surface area (Å²) in [4.78, 5) is 8.55. The maximum absolute atomic E-state index is 13.4. The van der Waals surface area contributed by atoms with E-state index in [0.29, 0.717) is 25.0 Å². The number of aliphatic hydroxyl groups is 2. The zero-order valence-electron chi connectivity index (χ0n) is 17.8. The number of nitrogens with zero attached hydrogens (tertiary/aromatic N) is 3. The highest BCUT2D eigenvalue weighted by Crippen LogP contribution is 2.35. The van der Waals surface area contributed by atoms with Crippen molar-refractivity contribution in [2.24, 2.45) is 0 Å². The van der Waals surface area contributed by atoms with Gasteiger partial charge in [0.25, 0.3) is 6.43 Å². The lowest BCUT2D eigenvalue weighted by Gasteiger charge is -2.23. The number of aryl methyl sites for hydroxylation is 2. The quantitative estimate of drug-likeness (QED) is 0.531. The molecule has 1 aliphatic carbocycles. The first-order valence-electron chi connectivity index (χ1n) is 10.9. The Morgan fingerprint density at radius 2 is 2.06 bits per heavy atom. The second-order valence-corrected chi connectivity index (χ2v) is 8.63. The zero-order chi connectivity index (χ0) is 22.4. The average Bonchev–Trinajstić information content (AvgIpc) is 3.34. The van der Waals surface area contributed by atoms with Crippen LogP contribution in [0.15, 0.2) is 42.4 Å². The third-order valence-corrected chi connectivity index (χ3v) is 6.73. The minimum Gasteiger partial charge on any atom is -0.388 e. The van der Waals surface area contributed by atoms with Gasteiger partial charge >= 0.3 is 0 Å². The van der Waals surface area contributed by atoms with Crippen LogP contribution in [0.4, 0.5) is 8.78 Å². The predicted molar refractivity (Wildman–Crippen MR) is 117 cm³/mol. The summed E-state index contributed by atoms with van der Waals surface area (Å²) >= 11 is 0. The molecule has 2 aromatic heterocycles. The van der Waals surface area contributed by atoms with Crippen molar-refractivity contribution in [3.63, 3.8) is 0 Å². The molecular weight excluding hydrogens is 414 g/mol. The van der Waals surface area contributed by atoms with Crippen LogP contribution in [0.2, 0.25) is 0 Å². The van der Waals surface area contributed by atoms with Gasteiger partial charge in [0.15, 0.2) is 0 Å². The molecule has 3 N–H and O–H groups in total. The highest BCUT2D eigenvalue weighted by Gasteiger charge is 2.36. The summed E-state index contributed by atoms with van der Waals surface area (Å²) in [5.74, 6) is 0. The van der Waals surface area contributed by atoms with Gasteiger partial charge in [-0.3, -0.25) is 0 Å². The lowest BCUT2D eigenvalue weighted by atomic mass is 9.90. The Kier molecular flexibility index (Phi) is 5.53. The topological polar surface area (TPSA) is 83.2 Å². The molecule has 3 atom stereocenters. The molecule has 0 spiro atoms. The first-order valence-corrected chi connectivity index (χ1v) is 10.9. The van der Waals surface area contributed by atoms with Gasteiger partial charge in [-0.15, -0.1) is 0 Å². The Hall–Kier alpha value is -2.68. The molecule has 0 amide bonds. The van der Waals surface area contributed by atoms with Crippen molar-refractivity contribution in [2.45, 2.75) is 57.4 Å². The van der Waals surface area contributed by atoms with Crippen LogP contribution in [0, 0.1) is 6.92 Å². The van der Waals surface area contributed by atoms with Gasteiger partial charge in [0.2, 0.25) is 0 Å². The molecule has 32 heavy (non-hydrogen) atoms. The summed E-state index contributed by atoms with van der Waals surface area (Å²) in [6.07, 6.45) is 2.45. The Bertz CT molecular complexity index is 1190. The first kappa shape index (κ1) is 21.2. The van der Waals surface area contributed by atoms with Crippen molar-refractivity contribution >= 4 is 11.0 Å². The molecule has 0 saturated heterocycles. The average molecular weight is 440 g/mol. The number of benzene rings is 1. The molecule has 3 aromatic rings. The fourth-order valence-corrected chi connectivity index (χ4v) is 4.98. The SMILES string of the molecule is Cc1ncnc2c1ccn2C1C=C(CCc2cc(C(F)F)cc3c2CNCC3)C(O)C1O. The number of halogens is 2. The molecule has 3 heterocycles. The Morgan fingerprint density at radius 1 is 1.22 bits per heavy atom. The van der Waals surface area contributed by atoms with Crippen LogP contribution in [0.25, 0.3) is 11.0 Å². The van der Waals surface area contributed by atoms with E-state index in [2.05, 4.69) is 15.3 Å². The molecule has 1 aromatic carbocycles. The van der Waals surface area contributed by atoms with Crippen LogP contribution >= 0.6 is 0 Å². The summed E-state index contributed by atoms with van der Waals surface area (Å²) in [5.41, 5.74) is 5.26. The fraction of sp³-hybridized carbons (Fsp3) is 0.417. The van der Waals surface area contributed by atoms with Gasteiger partial charge in [0.05, 0.1) is 11.7 Å². The number of hydrogen-bond donors (Lipinski definition) is 3. The molecule has 1 aliphatic heterocycles. The summed E-state index contributed by atoms with van der Waals surface area (Å²) in [5, 5.41) is 25.7. The van der Waals surface area contributed by atoms with E-state index in [1.54, 1.807) is 12.1 Å². The minimum absolute atomic E-state index is 0.0494. The van der Waals surface area contributed by atoms with E-state index in [4.69, 9.17) is 0 Å². The number of rotatable bonds is 5. The predicted octanol–water partition coefficient (Wildman–Crippen LogP) is 3.16. The number of nitrogens with one attached hydrogen (secondary N) is 1. The molecule has 0 fully saturated rings. The summed E-state index contributed by atoms with van der Waals surface area (Å²) in [6.45, 7) is 3.35. The molecule has 0 bridgehead atoms. The number of aliphatic hydroxyl groups excluding tert-OH is 2. The molecular formula is C24H26F2N4O2. The van der Waals surface area contributed by atoms with Gasteiger partial charge in [-0.05, 0) is 73.2 Å². The smallest absolute Gasteiger partial charge is 0.263 e. The van der Waals surface area contributed by atoms with Gasteiger partial charge in [-0.2, -0.15) is 0 Å². The third-order valence-electron chi connectivity index (χ3n) is 6.73. The van der Waals surface area contributed by atoms with Gasteiger partial charge in [0, 0.05) is 23.7 Å². The van der Waals surface area contributed by atoms with E-state index < -0.39 is 24.7 Å². The van der Waals surface area contributed by atoms with Gasteiger partial charge in [-0.1, -0.05) is 6.08 Å². The largest absolute Gasteiger partial charge is 0.388 e. The second-order valence-electron chi connectivity index (χ2n) is 8.63. The Labute approximate surface area is 184 Å². The normalized spacial score (nSPS) is 23.1. The number of alkyl halides is 2. The van der Waals surface area contributed by atoms with E-state index in [-0.39, 0.29) is 5.56 Å². The Balaban J connectivity index is 1.42. The van der Waals surface area contributed by atoms with Gasteiger partial charge < -0.3 is 20.1 Å². The molecule has 0 saturated carbocycles. The van der Waals surface area contributed by atoms with Crippen LogP contribution in [0.5, 0.6) is 0 Å².